The van der Waals surface area contributed by atoms with Gasteiger partial charge in [-0.2, -0.15) is 0 Å². The van der Waals surface area contributed by atoms with E-state index in [1.807, 2.05) is 6.07 Å². The highest BCUT2D eigenvalue weighted by atomic mass is 28.2. The van der Waals surface area contributed by atoms with Gasteiger partial charge < -0.3 is 4.98 Å². The number of benzene rings is 1. The fourth-order valence-corrected chi connectivity index (χ4v) is 1.83. The van der Waals surface area contributed by atoms with Gasteiger partial charge in [0.05, 0.1) is 0 Å². The van der Waals surface area contributed by atoms with Crippen LogP contribution in [-0.2, 0) is 0 Å². The normalized spacial score (nSPS) is 11.8. The summed E-state index contributed by atoms with van der Waals surface area (Å²) in [6.45, 7) is 3.23. The standard InChI is InChI=1S/C10H15NSi/c1-2-11-12-9-8-10-6-4-3-5-7-10/h3-9,11H,2,12H2,1H3. The molecule has 0 fully saturated rings. The first-order chi connectivity index (χ1) is 5.93. The van der Waals surface area contributed by atoms with E-state index < -0.39 is 0 Å². The fourth-order valence-electron chi connectivity index (χ4n) is 0.987. The quantitative estimate of drug-likeness (QED) is 0.541. The first-order valence-corrected chi connectivity index (χ1v) is 5.88. The third-order valence-corrected chi connectivity index (χ3v) is 2.88. The molecule has 0 bridgehead atoms. The summed E-state index contributed by atoms with van der Waals surface area (Å²) in [5.74, 6) is 0. The van der Waals surface area contributed by atoms with Gasteiger partial charge in [-0.25, -0.2) is 0 Å². The zero-order chi connectivity index (χ0) is 8.65. The van der Waals surface area contributed by atoms with Crippen molar-refractivity contribution in [3.63, 3.8) is 0 Å². The van der Waals surface area contributed by atoms with Crippen LogP contribution in [0, 0.1) is 0 Å². The minimum absolute atomic E-state index is 0.163. The average Bonchev–Trinajstić information content (AvgIpc) is 2.14. The second-order valence-corrected chi connectivity index (χ2v) is 4.00. The lowest BCUT2D eigenvalue weighted by Gasteiger charge is -1.92. The first kappa shape index (κ1) is 9.23. The van der Waals surface area contributed by atoms with Crippen molar-refractivity contribution in [2.45, 2.75) is 6.92 Å². The zero-order valence-corrected chi connectivity index (χ0v) is 8.87. The molecule has 0 atom stereocenters. The van der Waals surface area contributed by atoms with Crippen LogP contribution in [0.15, 0.2) is 36.0 Å². The predicted octanol–water partition coefficient (Wildman–Crippen LogP) is 1.35. The Hall–Kier alpha value is -0.863. The van der Waals surface area contributed by atoms with E-state index >= 15 is 0 Å². The third-order valence-electron chi connectivity index (χ3n) is 1.62. The number of nitrogens with one attached hydrogen (secondary N) is 1. The zero-order valence-electron chi connectivity index (χ0n) is 7.46. The molecule has 0 aliphatic heterocycles. The molecular formula is C10H15NSi. The number of hydrogen-bond acceptors (Lipinski definition) is 1. The molecule has 0 aliphatic carbocycles. The lowest BCUT2D eigenvalue weighted by molar-refractivity contribution is 1.01. The molecule has 0 spiro atoms. The van der Waals surface area contributed by atoms with Gasteiger partial charge in [-0.3, -0.25) is 0 Å². The Bertz CT molecular complexity index is 231. The molecule has 1 rings (SSSR count). The van der Waals surface area contributed by atoms with Crippen LogP contribution < -0.4 is 4.98 Å². The van der Waals surface area contributed by atoms with E-state index in [0.29, 0.717) is 0 Å². The molecule has 0 aliphatic rings. The topological polar surface area (TPSA) is 12.0 Å². The monoisotopic (exact) mass is 177 g/mol. The van der Waals surface area contributed by atoms with E-state index in [4.69, 9.17) is 0 Å². The lowest BCUT2D eigenvalue weighted by Crippen LogP contribution is -2.15. The first-order valence-electron chi connectivity index (χ1n) is 4.36. The third kappa shape index (κ3) is 3.51. The summed E-state index contributed by atoms with van der Waals surface area (Å²) in [5.41, 5.74) is 3.57. The highest BCUT2D eigenvalue weighted by Crippen LogP contribution is 1.99. The van der Waals surface area contributed by atoms with Crippen molar-refractivity contribution >= 4 is 15.8 Å². The van der Waals surface area contributed by atoms with Crippen molar-refractivity contribution in [2.75, 3.05) is 6.54 Å². The summed E-state index contributed by atoms with van der Waals surface area (Å²) in [4.78, 5) is 3.37. The van der Waals surface area contributed by atoms with Crippen LogP contribution >= 0.6 is 0 Å². The Balaban J connectivity index is 2.36. The second-order valence-electron chi connectivity index (χ2n) is 2.62. The molecule has 1 aromatic carbocycles. The lowest BCUT2D eigenvalue weighted by atomic mass is 10.2. The van der Waals surface area contributed by atoms with Crippen LogP contribution in [-0.4, -0.2) is 16.2 Å². The van der Waals surface area contributed by atoms with Gasteiger partial charge in [0.15, 0.2) is 0 Å². The van der Waals surface area contributed by atoms with Crippen molar-refractivity contribution in [1.82, 2.24) is 4.98 Å². The molecule has 64 valence electrons. The smallest absolute Gasteiger partial charge is 0.116 e. The summed E-state index contributed by atoms with van der Waals surface area (Å²) in [5, 5.41) is 0. The van der Waals surface area contributed by atoms with Crippen molar-refractivity contribution in [1.29, 1.82) is 0 Å². The molecular weight excluding hydrogens is 162 g/mol. The molecule has 1 nitrogen and oxygen atoms in total. The van der Waals surface area contributed by atoms with Gasteiger partial charge in [0.2, 0.25) is 0 Å². The van der Waals surface area contributed by atoms with E-state index in [1.54, 1.807) is 0 Å². The van der Waals surface area contributed by atoms with E-state index in [1.165, 1.54) is 5.56 Å². The van der Waals surface area contributed by atoms with Crippen LogP contribution in [0.5, 0.6) is 0 Å². The largest absolute Gasteiger partial charge is 0.339 e. The molecule has 1 N–H and O–H groups in total. The average molecular weight is 177 g/mol. The minimum atomic E-state index is -0.163. The summed E-state index contributed by atoms with van der Waals surface area (Å²) < 4.78 is 0. The maximum atomic E-state index is 3.37. The van der Waals surface area contributed by atoms with Gasteiger partial charge in [0.25, 0.3) is 0 Å². The Morgan fingerprint density at radius 2 is 2.08 bits per heavy atom. The highest BCUT2D eigenvalue weighted by molar-refractivity contribution is 6.40. The molecule has 0 saturated carbocycles. The van der Waals surface area contributed by atoms with Gasteiger partial charge in [-0.1, -0.05) is 49.0 Å². The van der Waals surface area contributed by atoms with Crippen LogP contribution in [0.3, 0.4) is 0 Å². The number of hydrogen-bond donors (Lipinski definition) is 1. The van der Waals surface area contributed by atoms with E-state index in [9.17, 15) is 0 Å². The summed E-state index contributed by atoms with van der Waals surface area (Å²) in [7, 11) is -0.163. The Morgan fingerprint density at radius 3 is 2.75 bits per heavy atom. The van der Waals surface area contributed by atoms with Crippen molar-refractivity contribution in [3.8, 4) is 0 Å². The SMILES string of the molecule is CCN[SiH2]C=Cc1ccccc1. The van der Waals surface area contributed by atoms with Crippen LogP contribution in [0.2, 0.25) is 0 Å². The molecule has 0 amide bonds. The van der Waals surface area contributed by atoms with Crippen LogP contribution in [0.4, 0.5) is 0 Å². The summed E-state index contributed by atoms with van der Waals surface area (Å²) in [6, 6.07) is 10.4. The Morgan fingerprint density at radius 1 is 1.33 bits per heavy atom. The molecule has 0 radical (unpaired) electrons. The van der Waals surface area contributed by atoms with E-state index in [2.05, 4.69) is 47.9 Å². The Labute approximate surface area is 76.4 Å². The van der Waals surface area contributed by atoms with Crippen LogP contribution in [0.1, 0.15) is 12.5 Å². The minimum Gasteiger partial charge on any atom is -0.339 e. The van der Waals surface area contributed by atoms with Gasteiger partial charge in [-0.15, -0.1) is 0 Å². The maximum Gasteiger partial charge on any atom is 0.116 e. The molecule has 2 heteroatoms. The van der Waals surface area contributed by atoms with Crippen molar-refractivity contribution in [3.05, 3.63) is 41.6 Å². The molecule has 0 heterocycles. The van der Waals surface area contributed by atoms with E-state index in [0.717, 1.165) is 6.54 Å². The molecule has 1 aromatic rings. The van der Waals surface area contributed by atoms with Gasteiger partial charge >= 0.3 is 0 Å². The molecule has 0 saturated heterocycles. The van der Waals surface area contributed by atoms with Gasteiger partial charge in [0, 0.05) is 0 Å². The predicted molar refractivity (Wildman–Crippen MR) is 57.7 cm³/mol. The Kier molecular flexibility index (Phi) is 4.42. The van der Waals surface area contributed by atoms with Gasteiger partial charge in [-0.05, 0) is 12.1 Å². The summed E-state index contributed by atoms with van der Waals surface area (Å²) >= 11 is 0. The van der Waals surface area contributed by atoms with Crippen molar-refractivity contribution < 1.29 is 0 Å². The summed E-state index contributed by atoms with van der Waals surface area (Å²) in [6.07, 6.45) is 2.19. The van der Waals surface area contributed by atoms with Gasteiger partial charge in [0.1, 0.15) is 9.68 Å². The highest BCUT2D eigenvalue weighted by Gasteiger charge is 1.81. The maximum absolute atomic E-state index is 3.37. The number of rotatable bonds is 4. The molecule has 12 heavy (non-hydrogen) atoms. The van der Waals surface area contributed by atoms with Crippen molar-refractivity contribution in [2.24, 2.45) is 0 Å². The second kappa shape index (κ2) is 5.74. The fraction of sp³-hybridized carbons (Fsp3) is 0.200. The molecule has 0 unspecified atom stereocenters. The molecule has 0 aromatic heterocycles. The van der Waals surface area contributed by atoms with Crippen LogP contribution in [0.25, 0.3) is 6.08 Å². The van der Waals surface area contributed by atoms with E-state index in [-0.39, 0.29) is 9.68 Å².